The molecule has 0 aliphatic rings. The summed E-state index contributed by atoms with van der Waals surface area (Å²) in [4.78, 5) is 20.4. The third kappa shape index (κ3) is 7.39. The highest BCUT2D eigenvalue weighted by Crippen LogP contribution is 2.29. The highest BCUT2D eigenvalue weighted by molar-refractivity contribution is 5.74. The molecule has 0 saturated heterocycles. The summed E-state index contributed by atoms with van der Waals surface area (Å²) < 4.78 is 0. The third-order valence-corrected chi connectivity index (χ3v) is 4.18. The normalized spacial score (nSPS) is 13.1. The maximum atomic E-state index is 11.1. The van der Waals surface area contributed by atoms with E-state index in [9.17, 15) is 20.2 Å². The van der Waals surface area contributed by atoms with Gasteiger partial charge in [-0.1, -0.05) is 38.0 Å². The predicted molar refractivity (Wildman–Crippen MR) is 108 cm³/mol. The molecule has 0 spiro atoms. The number of nitrogens with one attached hydrogen (secondary N) is 1. The summed E-state index contributed by atoms with van der Waals surface area (Å²) in [6, 6.07) is 3.36. The summed E-state index contributed by atoms with van der Waals surface area (Å²) in [5.41, 5.74) is 4.55. The van der Waals surface area contributed by atoms with Crippen molar-refractivity contribution in [1.82, 2.24) is 0 Å². The molecule has 8 heteroatoms. The smallest absolute Gasteiger partial charge is 0.272 e. The van der Waals surface area contributed by atoms with Crippen molar-refractivity contribution < 1.29 is 9.85 Å². The molecule has 1 aromatic carbocycles. The zero-order valence-corrected chi connectivity index (χ0v) is 16.4. The fourth-order valence-electron chi connectivity index (χ4n) is 2.06. The average Bonchev–Trinajstić information content (AvgIpc) is 2.57. The Kier molecular flexibility index (Phi) is 7.83. The highest BCUT2D eigenvalue weighted by atomic mass is 16.6. The largest absolute Gasteiger partial charge is 0.301 e. The molecule has 1 aromatic rings. The molecule has 0 unspecified atom stereocenters. The Morgan fingerprint density at radius 1 is 1.19 bits per heavy atom. The Labute approximate surface area is 159 Å². The summed E-state index contributed by atoms with van der Waals surface area (Å²) in [6.07, 6.45) is 7.38. The number of benzene rings is 1. The lowest BCUT2D eigenvalue weighted by Gasteiger charge is -2.19. The minimum absolute atomic E-state index is 0.0941. The molecule has 0 aromatic heterocycles. The van der Waals surface area contributed by atoms with E-state index in [0.717, 1.165) is 24.5 Å². The summed E-state index contributed by atoms with van der Waals surface area (Å²) in [6.45, 7) is 10.6. The Bertz CT molecular complexity index is 789. The lowest BCUT2D eigenvalue weighted by molar-refractivity contribution is -0.393. The lowest BCUT2D eigenvalue weighted by Crippen LogP contribution is -2.06. The molecule has 0 fully saturated rings. The summed E-state index contributed by atoms with van der Waals surface area (Å²) in [5, 5.41) is 25.7. The molecule has 146 valence electrons. The molecule has 0 atom stereocenters. The van der Waals surface area contributed by atoms with Gasteiger partial charge in [0.25, 0.3) is 5.69 Å². The molecule has 0 radical (unpaired) electrons. The quantitative estimate of drug-likeness (QED) is 0.275. The van der Waals surface area contributed by atoms with Crippen LogP contribution in [0.2, 0.25) is 0 Å². The Morgan fingerprint density at radius 2 is 1.85 bits per heavy atom. The monoisotopic (exact) mass is 374 g/mol. The first-order valence-corrected chi connectivity index (χ1v) is 8.57. The van der Waals surface area contributed by atoms with Crippen LogP contribution >= 0.6 is 0 Å². The number of allylic oxidation sites excluding steroid dienone is 4. The Morgan fingerprint density at radius 3 is 2.41 bits per heavy atom. The fourth-order valence-corrected chi connectivity index (χ4v) is 2.06. The molecule has 1 rings (SSSR count). The lowest BCUT2D eigenvalue weighted by atomic mass is 9.87. The number of hydrogen-bond acceptors (Lipinski definition) is 6. The van der Waals surface area contributed by atoms with Gasteiger partial charge in [0.1, 0.15) is 5.69 Å². The minimum atomic E-state index is -0.685. The molecule has 8 nitrogen and oxygen atoms in total. The molecule has 0 heterocycles. The van der Waals surface area contributed by atoms with Crippen molar-refractivity contribution in [2.75, 3.05) is 5.43 Å². The SMILES string of the molecule is CC(=CC=NNc1ccc([N+](=O)[O-])cc1[N+](=O)[O-])CCC=C(C)C(C)(C)C. The van der Waals surface area contributed by atoms with Crippen LogP contribution in [0.1, 0.15) is 47.5 Å². The number of rotatable bonds is 8. The molecular formula is C19H26N4O4. The van der Waals surface area contributed by atoms with Crippen LogP contribution in [0.25, 0.3) is 0 Å². The van der Waals surface area contributed by atoms with Gasteiger partial charge in [-0.05, 0) is 44.2 Å². The first-order chi connectivity index (χ1) is 12.5. The van der Waals surface area contributed by atoms with Crippen LogP contribution in [0.3, 0.4) is 0 Å². The second-order valence-electron chi connectivity index (χ2n) is 7.29. The van der Waals surface area contributed by atoms with E-state index in [1.807, 2.05) is 13.0 Å². The van der Waals surface area contributed by atoms with Gasteiger partial charge >= 0.3 is 5.69 Å². The van der Waals surface area contributed by atoms with Crippen LogP contribution in [0, 0.1) is 25.6 Å². The molecule has 0 aliphatic carbocycles. The number of hydrazone groups is 1. The number of nitro groups is 2. The second kappa shape index (κ2) is 9.61. The standard InChI is InChI=1S/C19H26N4O4/c1-14(7-6-8-15(2)19(3,4)5)11-12-20-21-17-10-9-16(22(24)25)13-18(17)23(26)27/h8-13,21H,6-7H2,1-5H3. The van der Waals surface area contributed by atoms with Crippen molar-refractivity contribution in [2.45, 2.75) is 47.5 Å². The van der Waals surface area contributed by atoms with Crippen LogP contribution in [0.15, 0.2) is 46.6 Å². The summed E-state index contributed by atoms with van der Waals surface area (Å²) in [5.74, 6) is 0. The van der Waals surface area contributed by atoms with E-state index in [1.54, 1.807) is 0 Å². The Hall–Kier alpha value is -3.03. The van der Waals surface area contributed by atoms with E-state index >= 15 is 0 Å². The summed E-state index contributed by atoms with van der Waals surface area (Å²) in [7, 11) is 0. The van der Waals surface area contributed by atoms with Crippen LogP contribution in [0.4, 0.5) is 17.1 Å². The third-order valence-electron chi connectivity index (χ3n) is 4.18. The van der Waals surface area contributed by atoms with Gasteiger partial charge in [-0.3, -0.25) is 25.7 Å². The van der Waals surface area contributed by atoms with E-state index in [1.165, 1.54) is 23.9 Å². The number of nitrogens with zero attached hydrogens (tertiary/aromatic N) is 3. The van der Waals surface area contributed by atoms with Gasteiger partial charge in [-0.25, -0.2) is 0 Å². The molecule has 0 amide bonds. The molecule has 1 N–H and O–H groups in total. The highest BCUT2D eigenvalue weighted by Gasteiger charge is 2.19. The van der Waals surface area contributed by atoms with Crippen molar-refractivity contribution in [3.05, 3.63) is 61.7 Å². The van der Waals surface area contributed by atoms with Crippen LogP contribution in [-0.2, 0) is 0 Å². The van der Waals surface area contributed by atoms with Crippen molar-refractivity contribution in [3.63, 3.8) is 0 Å². The van der Waals surface area contributed by atoms with Crippen molar-refractivity contribution in [1.29, 1.82) is 0 Å². The number of nitro benzene ring substituents is 2. The van der Waals surface area contributed by atoms with E-state index in [0.29, 0.717) is 0 Å². The Balaban J connectivity index is 2.70. The van der Waals surface area contributed by atoms with Gasteiger partial charge in [-0.15, -0.1) is 0 Å². The predicted octanol–water partition coefficient (Wildman–Crippen LogP) is 5.62. The van der Waals surface area contributed by atoms with Crippen LogP contribution in [-0.4, -0.2) is 16.1 Å². The molecular weight excluding hydrogens is 348 g/mol. The van der Waals surface area contributed by atoms with E-state index in [-0.39, 0.29) is 16.8 Å². The zero-order valence-electron chi connectivity index (χ0n) is 16.4. The zero-order chi connectivity index (χ0) is 20.6. The van der Waals surface area contributed by atoms with Gasteiger partial charge in [0.2, 0.25) is 0 Å². The van der Waals surface area contributed by atoms with Gasteiger partial charge in [0, 0.05) is 12.3 Å². The first kappa shape index (κ1) is 22.0. The summed E-state index contributed by atoms with van der Waals surface area (Å²) >= 11 is 0. The maximum absolute atomic E-state index is 11.1. The topological polar surface area (TPSA) is 111 Å². The van der Waals surface area contributed by atoms with Crippen LogP contribution in [0.5, 0.6) is 0 Å². The maximum Gasteiger partial charge on any atom is 0.301 e. The van der Waals surface area contributed by atoms with Crippen molar-refractivity contribution >= 4 is 23.3 Å². The number of anilines is 1. The van der Waals surface area contributed by atoms with Gasteiger partial charge in [0.05, 0.1) is 15.9 Å². The van der Waals surface area contributed by atoms with E-state index in [2.05, 4.69) is 44.3 Å². The fraction of sp³-hybridized carbons (Fsp3) is 0.421. The number of non-ortho nitro benzene ring substituents is 1. The van der Waals surface area contributed by atoms with Crippen molar-refractivity contribution in [2.24, 2.45) is 10.5 Å². The average molecular weight is 374 g/mol. The van der Waals surface area contributed by atoms with E-state index in [4.69, 9.17) is 0 Å². The first-order valence-electron chi connectivity index (χ1n) is 8.57. The number of hydrogen-bond donors (Lipinski definition) is 1. The van der Waals surface area contributed by atoms with Gasteiger partial charge in [-0.2, -0.15) is 5.10 Å². The van der Waals surface area contributed by atoms with Crippen LogP contribution < -0.4 is 5.43 Å². The second-order valence-corrected chi connectivity index (χ2v) is 7.29. The molecule has 27 heavy (non-hydrogen) atoms. The van der Waals surface area contributed by atoms with Gasteiger partial charge in [0.15, 0.2) is 0 Å². The van der Waals surface area contributed by atoms with Crippen molar-refractivity contribution in [3.8, 4) is 0 Å². The van der Waals surface area contributed by atoms with E-state index < -0.39 is 15.5 Å². The molecule has 0 aliphatic heterocycles. The molecule has 0 saturated carbocycles. The van der Waals surface area contributed by atoms with Gasteiger partial charge < -0.3 is 0 Å². The molecule has 0 bridgehead atoms. The minimum Gasteiger partial charge on any atom is -0.272 e.